The standard InChI is InChI=1S/C3N2O3S/c6-1-5-8-3(7)4-2-9. The summed E-state index contributed by atoms with van der Waals surface area (Å²) in [4.78, 5) is 25.8. The number of carbonyl (C=O) groups excluding carboxylic acids is 2. The lowest BCUT2D eigenvalue weighted by Crippen LogP contribution is -1.89. The third kappa shape index (κ3) is 4.50. The van der Waals surface area contributed by atoms with E-state index in [4.69, 9.17) is 0 Å². The number of nitrogens with zero attached hydrogens (tertiary/aromatic N) is 2. The molecular weight excluding hydrogens is 144 g/mol. The van der Waals surface area contributed by atoms with Crippen LogP contribution in [-0.2, 0) is 9.63 Å². The third-order valence-electron chi connectivity index (χ3n) is 0.298. The van der Waals surface area contributed by atoms with E-state index in [1.165, 1.54) is 0 Å². The highest BCUT2D eigenvalue weighted by Gasteiger charge is 1.93. The van der Waals surface area contributed by atoms with Crippen molar-refractivity contribution in [3.8, 4) is 0 Å². The van der Waals surface area contributed by atoms with Crippen molar-refractivity contribution in [2.75, 3.05) is 0 Å². The Balaban J connectivity index is 3.77. The molecule has 0 aromatic heterocycles. The topological polar surface area (TPSA) is 68.1 Å². The van der Waals surface area contributed by atoms with Crippen molar-refractivity contribution in [2.45, 2.75) is 0 Å². The molecular formula is C3N2O3S. The minimum absolute atomic E-state index is 0.967. The van der Waals surface area contributed by atoms with E-state index in [-0.39, 0.29) is 0 Å². The van der Waals surface area contributed by atoms with E-state index >= 15 is 0 Å². The molecule has 0 fully saturated rings. The number of hydrogen-bond donors (Lipinski definition) is 0. The largest absolute Gasteiger partial charge is 0.469 e. The molecule has 46 valence electrons. The van der Waals surface area contributed by atoms with Gasteiger partial charge in [0.2, 0.25) is 0 Å². The molecule has 0 saturated carbocycles. The van der Waals surface area contributed by atoms with Crippen LogP contribution in [0.25, 0.3) is 0 Å². The molecule has 0 N–H and O–H groups in total. The highest BCUT2D eigenvalue weighted by Crippen LogP contribution is 1.79. The molecule has 0 atom stereocenters. The molecule has 6 heteroatoms. The molecule has 0 aliphatic carbocycles. The predicted octanol–water partition coefficient (Wildman–Crippen LogP) is 0.477. The second-order valence-corrected chi connectivity index (χ2v) is 0.925. The van der Waals surface area contributed by atoms with Crippen LogP contribution in [0.15, 0.2) is 10.1 Å². The van der Waals surface area contributed by atoms with Crippen LogP contribution in [0, 0.1) is 0 Å². The first-order valence-electron chi connectivity index (χ1n) is 1.67. The van der Waals surface area contributed by atoms with Gasteiger partial charge in [0.25, 0.3) is 6.08 Å². The van der Waals surface area contributed by atoms with Crippen molar-refractivity contribution < 1.29 is 14.4 Å². The van der Waals surface area contributed by atoms with Crippen LogP contribution in [0.4, 0.5) is 4.79 Å². The van der Waals surface area contributed by atoms with Gasteiger partial charge in [-0.2, -0.15) is 0 Å². The second-order valence-electron chi connectivity index (χ2n) is 0.743. The third-order valence-corrected chi connectivity index (χ3v) is 0.389. The van der Waals surface area contributed by atoms with Gasteiger partial charge in [0.1, 0.15) is 0 Å². The summed E-state index contributed by atoms with van der Waals surface area (Å²) in [5.41, 5.74) is 0. The maximum Gasteiger partial charge on any atom is 0.469 e. The molecule has 0 bridgehead atoms. The van der Waals surface area contributed by atoms with Crippen molar-refractivity contribution in [1.29, 1.82) is 0 Å². The smallest absolute Gasteiger partial charge is 0.284 e. The summed E-state index contributed by atoms with van der Waals surface area (Å²) in [5.74, 6) is 0. The van der Waals surface area contributed by atoms with Gasteiger partial charge in [-0.25, -0.2) is 9.59 Å². The molecule has 0 radical (unpaired) electrons. The SMILES string of the molecule is O=C=NOC(=O)N=C=S. The molecule has 0 saturated heterocycles. The maximum absolute atomic E-state index is 10.0. The first kappa shape index (κ1) is 7.65. The van der Waals surface area contributed by atoms with E-state index in [1.54, 1.807) is 5.16 Å². The molecule has 0 rings (SSSR count). The highest BCUT2D eigenvalue weighted by atomic mass is 32.1. The van der Waals surface area contributed by atoms with E-state index in [9.17, 15) is 9.59 Å². The number of amides is 1. The summed E-state index contributed by atoms with van der Waals surface area (Å²) >= 11 is 4.02. The van der Waals surface area contributed by atoms with Crippen LogP contribution < -0.4 is 0 Å². The Labute approximate surface area is 55.0 Å². The average molecular weight is 144 g/mol. The fraction of sp³-hybridized carbons (Fsp3) is 0. The Hall–Kier alpha value is -1.35. The molecule has 0 unspecified atom stereocenters. The van der Waals surface area contributed by atoms with Crippen LogP contribution in [0.3, 0.4) is 0 Å². The van der Waals surface area contributed by atoms with Gasteiger partial charge in [-0.1, -0.05) is 0 Å². The number of aliphatic imine (C=N–C) groups is 1. The summed E-state index contributed by atoms with van der Waals surface area (Å²) in [7, 11) is 0. The summed E-state index contributed by atoms with van der Waals surface area (Å²) in [6.45, 7) is 0. The summed E-state index contributed by atoms with van der Waals surface area (Å²) in [6, 6.07) is 0. The van der Waals surface area contributed by atoms with Gasteiger partial charge in [0, 0.05) is 5.16 Å². The minimum atomic E-state index is -1.09. The van der Waals surface area contributed by atoms with Gasteiger partial charge in [-0.3, -0.25) is 4.84 Å². The van der Waals surface area contributed by atoms with Crippen molar-refractivity contribution in [1.82, 2.24) is 0 Å². The highest BCUT2D eigenvalue weighted by molar-refractivity contribution is 7.78. The zero-order valence-electron chi connectivity index (χ0n) is 4.03. The Morgan fingerprint density at radius 1 is 1.67 bits per heavy atom. The lowest BCUT2D eigenvalue weighted by molar-refractivity contribution is 0.162. The normalized spacial score (nSPS) is 6.22. The molecule has 0 aromatic rings. The lowest BCUT2D eigenvalue weighted by atomic mass is 11.2. The molecule has 0 spiro atoms. The number of isothiocyanates is 1. The molecule has 5 nitrogen and oxygen atoms in total. The summed E-state index contributed by atoms with van der Waals surface area (Å²) in [6.07, 6.45) is -0.122. The van der Waals surface area contributed by atoms with Crippen molar-refractivity contribution in [2.24, 2.45) is 10.1 Å². The zero-order valence-corrected chi connectivity index (χ0v) is 4.84. The van der Waals surface area contributed by atoms with Gasteiger partial charge in [0.15, 0.2) is 0 Å². The lowest BCUT2D eigenvalue weighted by Gasteiger charge is -1.78. The Morgan fingerprint density at radius 3 is 2.78 bits per heavy atom. The van der Waals surface area contributed by atoms with Gasteiger partial charge in [-0.05, 0) is 12.2 Å². The maximum atomic E-state index is 10.0. The Bertz CT molecular complexity index is 201. The fourth-order valence-corrected chi connectivity index (χ4v) is 0.190. The summed E-state index contributed by atoms with van der Waals surface area (Å²) < 4.78 is 0. The molecule has 0 aliphatic rings. The quantitative estimate of drug-likeness (QED) is 0.176. The van der Waals surface area contributed by atoms with Crippen molar-refractivity contribution in [3.05, 3.63) is 0 Å². The van der Waals surface area contributed by atoms with Gasteiger partial charge in [0.05, 0.1) is 5.16 Å². The second kappa shape index (κ2) is 4.80. The van der Waals surface area contributed by atoms with E-state index in [2.05, 4.69) is 27.2 Å². The van der Waals surface area contributed by atoms with Crippen LogP contribution >= 0.6 is 12.2 Å². The molecule has 0 heterocycles. The van der Waals surface area contributed by atoms with Crippen molar-refractivity contribution in [3.63, 3.8) is 0 Å². The van der Waals surface area contributed by atoms with Gasteiger partial charge in [-0.15, -0.1) is 4.99 Å². The number of hydrogen-bond acceptors (Lipinski definition) is 5. The van der Waals surface area contributed by atoms with Gasteiger partial charge < -0.3 is 0 Å². The first-order chi connectivity index (χ1) is 4.31. The first-order valence-corrected chi connectivity index (χ1v) is 2.08. The van der Waals surface area contributed by atoms with Crippen LogP contribution in [-0.4, -0.2) is 17.3 Å². The number of thiocarbonyl (C=S) groups is 1. The summed E-state index contributed by atoms with van der Waals surface area (Å²) in [5, 5.41) is 4.18. The van der Waals surface area contributed by atoms with E-state index in [0.29, 0.717) is 0 Å². The predicted molar refractivity (Wildman–Crippen MR) is 29.6 cm³/mol. The van der Waals surface area contributed by atoms with Crippen LogP contribution in [0.2, 0.25) is 0 Å². The van der Waals surface area contributed by atoms with E-state index < -0.39 is 6.09 Å². The Morgan fingerprint density at radius 2 is 2.33 bits per heavy atom. The van der Waals surface area contributed by atoms with Crippen molar-refractivity contribution >= 4 is 29.6 Å². The average Bonchev–Trinajstić information content (AvgIpc) is 1.85. The van der Waals surface area contributed by atoms with E-state index in [0.717, 1.165) is 6.08 Å². The molecule has 0 aliphatic heterocycles. The minimum Gasteiger partial charge on any atom is -0.284 e. The monoisotopic (exact) mass is 144 g/mol. The molecule has 9 heavy (non-hydrogen) atoms. The number of rotatable bonds is 1. The molecule has 0 aromatic carbocycles. The number of isocyanates is 1. The van der Waals surface area contributed by atoms with E-state index in [1.807, 2.05) is 0 Å². The fourth-order valence-electron chi connectivity index (χ4n) is 0.115. The van der Waals surface area contributed by atoms with Crippen LogP contribution in [0.1, 0.15) is 0 Å². The van der Waals surface area contributed by atoms with Crippen LogP contribution in [0.5, 0.6) is 0 Å². The molecule has 1 amide bonds. The Kier molecular flexibility index (Phi) is 4.08. The number of carbonyl (C=O) groups is 1. The van der Waals surface area contributed by atoms with Gasteiger partial charge >= 0.3 is 6.09 Å². The zero-order chi connectivity index (χ0) is 7.11.